The van der Waals surface area contributed by atoms with Crippen LogP contribution in [-0.2, 0) is 12.8 Å². The zero-order chi connectivity index (χ0) is 13.8. The third-order valence-corrected chi connectivity index (χ3v) is 3.33. The summed E-state index contributed by atoms with van der Waals surface area (Å²) in [4.78, 5) is 8.61. The maximum absolute atomic E-state index is 6.11. The molecule has 1 aromatic heterocycles. The number of aryl methyl sites for hydroxylation is 2. The average molecular weight is 277 g/mol. The van der Waals surface area contributed by atoms with Crippen LogP contribution in [0.5, 0.6) is 11.6 Å². The standard InChI is InChI=1S/C15H17ClN2O/c1-4-11-8-6-7-9-12(11)19-15-10(3)14(16)17-13(5-2)18-15/h6-9H,4-5H2,1-3H3. The first-order chi connectivity index (χ1) is 9.15. The fourth-order valence-corrected chi connectivity index (χ4v) is 1.95. The van der Waals surface area contributed by atoms with E-state index in [0.717, 1.165) is 29.7 Å². The molecule has 19 heavy (non-hydrogen) atoms. The van der Waals surface area contributed by atoms with E-state index < -0.39 is 0 Å². The highest BCUT2D eigenvalue weighted by molar-refractivity contribution is 6.30. The number of para-hydroxylation sites is 1. The van der Waals surface area contributed by atoms with Crippen LogP contribution in [-0.4, -0.2) is 9.97 Å². The first-order valence-corrected chi connectivity index (χ1v) is 6.82. The summed E-state index contributed by atoms with van der Waals surface area (Å²) in [6, 6.07) is 7.95. The molecule has 3 nitrogen and oxygen atoms in total. The second kappa shape index (κ2) is 6.02. The third kappa shape index (κ3) is 3.04. The molecule has 0 saturated heterocycles. The van der Waals surface area contributed by atoms with Crippen molar-refractivity contribution in [2.45, 2.75) is 33.6 Å². The van der Waals surface area contributed by atoms with Crippen LogP contribution in [0, 0.1) is 6.92 Å². The van der Waals surface area contributed by atoms with Crippen molar-refractivity contribution in [3.05, 3.63) is 46.4 Å². The summed E-state index contributed by atoms with van der Waals surface area (Å²) in [5.41, 5.74) is 1.92. The summed E-state index contributed by atoms with van der Waals surface area (Å²) in [6.45, 7) is 5.95. The van der Waals surface area contributed by atoms with Gasteiger partial charge in [0.25, 0.3) is 0 Å². The Morgan fingerprint density at radius 2 is 1.84 bits per heavy atom. The monoisotopic (exact) mass is 276 g/mol. The quantitative estimate of drug-likeness (QED) is 0.779. The number of halogens is 1. The molecule has 0 N–H and O–H groups in total. The third-order valence-electron chi connectivity index (χ3n) is 2.96. The molecular weight excluding hydrogens is 260 g/mol. The van der Waals surface area contributed by atoms with Gasteiger partial charge in [0.2, 0.25) is 5.88 Å². The highest BCUT2D eigenvalue weighted by atomic mass is 35.5. The summed E-state index contributed by atoms with van der Waals surface area (Å²) in [6.07, 6.45) is 1.64. The molecule has 0 unspecified atom stereocenters. The summed E-state index contributed by atoms with van der Waals surface area (Å²) in [7, 11) is 0. The lowest BCUT2D eigenvalue weighted by molar-refractivity contribution is 0.449. The molecule has 0 aliphatic rings. The van der Waals surface area contributed by atoms with Crippen molar-refractivity contribution >= 4 is 11.6 Å². The number of ether oxygens (including phenoxy) is 1. The Balaban J connectivity index is 2.40. The van der Waals surface area contributed by atoms with Crippen LogP contribution in [0.4, 0.5) is 0 Å². The van der Waals surface area contributed by atoms with Crippen molar-refractivity contribution in [3.63, 3.8) is 0 Å². The van der Waals surface area contributed by atoms with Crippen molar-refractivity contribution in [3.8, 4) is 11.6 Å². The molecule has 0 aliphatic heterocycles. The second-order valence-electron chi connectivity index (χ2n) is 4.28. The number of hydrogen-bond donors (Lipinski definition) is 0. The van der Waals surface area contributed by atoms with Crippen molar-refractivity contribution in [1.29, 1.82) is 0 Å². The number of aromatic nitrogens is 2. The van der Waals surface area contributed by atoms with Crippen LogP contribution >= 0.6 is 11.6 Å². The molecule has 0 bridgehead atoms. The molecule has 0 radical (unpaired) electrons. The van der Waals surface area contributed by atoms with E-state index in [9.17, 15) is 0 Å². The van der Waals surface area contributed by atoms with Crippen LogP contribution < -0.4 is 4.74 Å². The Bertz CT molecular complexity index is 584. The van der Waals surface area contributed by atoms with Gasteiger partial charge in [0, 0.05) is 12.0 Å². The molecule has 2 aromatic rings. The van der Waals surface area contributed by atoms with E-state index in [1.807, 2.05) is 38.1 Å². The number of hydrogen-bond acceptors (Lipinski definition) is 3. The van der Waals surface area contributed by atoms with Crippen LogP contribution in [0.3, 0.4) is 0 Å². The van der Waals surface area contributed by atoms with Crippen LogP contribution in [0.25, 0.3) is 0 Å². The summed E-state index contributed by atoms with van der Waals surface area (Å²) in [5, 5.41) is 0.454. The van der Waals surface area contributed by atoms with E-state index in [1.54, 1.807) is 0 Å². The number of nitrogens with zero attached hydrogens (tertiary/aromatic N) is 2. The number of rotatable bonds is 4. The van der Waals surface area contributed by atoms with Crippen molar-refractivity contribution < 1.29 is 4.74 Å². The first kappa shape index (κ1) is 13.8. The van der Waals surface area contributed by atoms with Gasteiger partial charge in [-0.05, 0) is 25.0 Å². The maximum atomic E-state index is 6.11. The van der Waals surface area contributed by atoms with Crippen molar-refractivity contribution in [2.24, 2.45) is 0 Å². The first-order valence-electron chi connectivity index (χ1n) is 6.44. The zero-order valence-electron chi connectivity index (χ0n) is 11.4. The van der Waals surface area contributed by atoms with Gasteiger partial charge >= 0.3 is 0 Å². The predicted molar refractivity (Wildman–Crippen MR) is 77.1 cm³/mol. The highest BCUT2D eigenvalue weighted by Gasteiger charge is 2.12. The van der Waals surface area contributed by atoms with Crippen LogP contribution in [0.2, 0.25) is 5.15 Å². The fraction of sp³-hybridized carbons (Fsp3) is 0.333. The Kier molecular flexibility index (Phi) is 4.38. The van der Waals surface area contributed by atoms with Crippen LogP contribution in [0.1, 0.15) is 30.8 Å². The lowest BCUT2D eigenvalue weighted by atomic mass is 10.1. The topological polar surface area (TPSA) is 35.0 Å². The molecular formula is C15H17ClN2O. The SMILES string of the molecule is CCc1nc(Cl)c(C)c(Oc2ccccc2CC)n1. The van der Waals surface area contributed by atoms with E-state index in [4.69, 9.17) is 16.3 Å². The minimum Gasteiger partial charge on any atom is -0.438 e. The zero-order valence-corrected chi connectivity index (χ0v) is 12.2. The number of benzene rings is 1. The van der Waals surface area contributed by atoms with Crippen LogP contribution in [0.15, 0.2) is 24.3 Å². The van der Waals surface area contributed by atoms with Gasteiger partial charge in [-0.2, -0.15) is 4.98 Å². The highest BCUT2D eigenvalue weighted by Crippen LogP contribution is 2.29. The van der Waals surface area contributed by atoms with Crippen molar-refractivity contribution in [1.82, 2.24) is 9.97 Å². The van der Waals surface area contributed by atoms with Crippen molar-refractivity contribution in [2.75, 3.05) is 0 Å². The summed E-state index contributed by atoms with van der Waals surface area (Å²) in [5.74, 6) is 2.06. The van der Waals surface area contributed by atoms with E-state index >= 15 is 0 Å². The van der Waals surface area contributed by atoms with E-state index in [0.29, 0.717) is 16.9 Å². The molecule has 4 heteroatoms. The molecule has 0 aliphatic carbocycles. The van der Waals surface area contributed by atoms with Gasteiger partial charge in [-0.1, -0.05) is 43.6 Å². The van der Waals surface area contributed by atoms with Gasteiger partial charge in [0.1, 0.15) is 16.7 Å². The predicted octanol–water partition coefficient (Wildman–Crippen LogP) is 4.36. The fourth-order valence-electron chi connectivity index (χ4n) is 1.77. The molecule has 1 aromatic carbocycles. The lowest BCUT2D eigenvalue weighted by Crippen LogP contribution is -2.01. The Labute approximate surface area is 118 Å². The molecule has 100 valence electrons. The minimum atomic E-state index is 0.454. The van der Waals surface area contributed by atoms with Gasteiger partial charge in [-0.3, -0.25) is 0 Å². The van der Waals surface area contributed by atoms with E-state index in [2.05, 4.69) is 16.9 Å². The van der Waals surface area contributed by atoms with Gasteiger partial charge < -0.3 is 4.74 Å². The summed E-state index contributed by atoms with van der Waals surface area (Å²) >= 11 is 6.11. The van der Waals surface area contributed by atoms with E-state index in [-0.39, 0.29) is 0 Å². The lowest BCUT2D eigenvalue weighted by Gasteiger charge is -2.12. The summed E-state index contributed by atoms with van der Waals surface area (Å²) < 4.78 is 5.92. The maximum Gasteiger partial charge on any atom is 0.227 e. The Morgan fingerprint density at radius 1 is 1.11 bits per heavy atom. The molecule has 0 atom stereocenters. The molecule has 1 heterocycles. The minimum absolute atomic E-state index is 0.454. The average Bonchev–Trinajstić information content (AvgIpc) is 2.44. The van der Waals surface area contributed by atoms with Gasteiger partial charge in [-0.25, -0.2) is 4.98 Å². The molecule has 0 amide bonds. The smallest absolute Gasteiger partial charge is 0.227 e. The molecule has 0 saturated carbocycles. The Morgan fingerprint density at radius 3 is 2.53 bits per heavy atom. The van der Waals surface area contributed by atoms with Gasteiger partial charge in [0.05, 0.1) is 0 Å². The normalized spacial score (nSPS) is 10.5. The second-order valence-corrected chi connectivity index (χ2v) is 4.64. The Hall–Kier alpha value is -1.61. The van der Waals surface area contributed by atoms with Gasteiger partial charge in [-0.15, -0.1) is 0 Å². The largest absolute Gasteiger partial charge is 0.438 e. The molecule has 2 rings (SSSR count). The van der Waals surface area contributed by atoms with Gasteiger partial charge in [0.15, 0.2) is 0 Å². The molecule has 0 spiro atoms. The molecule has 0 fully saturated rings. The van der Waals surface area contributed by atoms with E-state index in [1.165, 1.54) is 0 Å².